The van der Waals surface area contributed by atoms with Gasteiger partial charge in [-0.05, 0) is 25.0 Å². The van der Waals surface area contributed by atoms with Gasteiger partial charge < -0.3 is 16.2 Å². The zero-order valence-electron chi connectivity index (χ0n) is 9.39. The van der Waals surface area contributed by atoms with Gasteiger partial charge in [0.25, 0.3) is 0 Å². The van der Waals surface area contributed by atoms with E-state index < -0.39 is 0 Å². The molecular formula is C12H19N3O. The van der Waals surface area contributed by atoms with E-state index in [1.165, 1.54) is 6.42 Å². The lowest BCUT2D eigenvalue weighted by Crippen LogP contribution is -2.33. The molecule has 1 fully saturated rings. The second-order valence-electron chi connectivity index (χ2n) is 4.40. The standard InChI is InChI=1S/C12H19N3O/c13-9-5-4-8-14-12(9)15-10-6-2-1-3-7-11(10)16/h4-5,8,10-11,16H,1-3,6-7,13H2,(H,14,15). The molecule has 4 nitrogen and oxygen atoms in total. The zero-order valence-corrected chi connectivity index (χ0v) is 9.39. The Kier molecular flexibility index (Phi) is 3.62. The molecule has 0 aromatic carbocycles. The number of nitrogens with one attached hydrogen (secondary N) is 1. The maximum absolute atomic E-state index is 9.97. The summed E-state index contributed by atoms with van der Waals surface area (Å²) in [6.45, 7) is 0. The first-order valence-electron chi connectivity index (χ1n) is 5.92. The summed E-state index contributed by atoms with van der Waals surface area (Å²) in [6, 6.07) is 3.71. The largest absolute Gasteiger partial charge is 0.396 e. The summed E-state index contributed by atoms with van der Waals surface area (Å²) >= 11 is 0. The summed E-state index contributed by atoms with van der Waals surface area (Å²) < 4.78 is 0. The van der Waals surface area contributed by atoms with Crippen molar-refractivity contribution < 1.29 is 5.11 Å². The lowest BCUT2D eigenvalue weighted by atomic mass is 10.1. The van der Waals surface area contributed by atoms with Gasteiger partial charge in [-0.3, -0.25) is 0 Å². The molecule has 4 heteroatoms. The Bertz CT molecular complexity index is 343. The van der Waals surface area contributed by atoms with Crippen molar-refractivity contribution in [3.05, 3.63) is 18.3 Å². The van der Waals surface area contributed by atoms with Gasteiger partial charge >= 0.3 is 0 Å². The van der Waals surface area contributed by atoms with Gasteiger partial charge in [-0.25, -0.2) is 4.98 Å². The average molecular weight is 221 g/mol. The van der Waals surface area contributed by atoms with Gasteiger partial charge in [0.1, 0.15) is 5.82 Å². The molecule has 0 saturated heterocycles. The quantitative estimate of drug-likeness (QED) is 0.666. The van der Waals surface area contributed by atoms with Crippen LogP contribution >= 0.6 is 0 Å². The fraction of sp³-hybridized carbons (Fsp3) is 0.583. The summed E-state index contributed by atoms with van der Waals surface area (Å²) in [4.78, 5) is 4.19. The molecule has 4 N–H and O–H groups in total. The molecular weight excluding hydrogens is 202 g/mol. The SMILES string of the molecule is Nc1cccnc1NC1CCCCCC1O. The molecule has 88 valence electrons. The molecule has 1 saturated carbocycles. The number of aliphatic hydroxyl groups is 1. The predicted molar refractivity (Wildman–Crippen MR) is 65.2 cm³/mol. The number of anilines is 2. The van der Waals surface area contributed by atoms with E-state index >= 15 is 0 Å². The molecule has 0 aliphatic heterocycles. The zero-order chi connectivity index (χ0) is 11.4. The van der Waals surface area contributed by atoms with Crippen molar-refractivity contribution in [1.82, 2.24) is 4.98 Å². The highest BCUT2D eigenvalue weighted by molar-refractivity contribution is 5.60. The van der Waals surface area contributed by atoms with E-state index in [-0.39, 0.29) is 12.1 Å². The number of aromatic nitrogens is 1. The van der Waals surface area contributed by atoms with Crippen LogP contribution in [0.1, 0.15) is 32.1 Å². The van der Waals surface area contributed by atoms with Crippen LogP contribution < -0.4 is 11.1 Å². The average Bonchev–Trinajstić information content (AvgIpc) is 2.48. The summed E-state index contributed by atoms with van der Waals surface area (Å²) in [5.41, 5.74) is 6.45. The molecule has 2 unspecified atom stereocenters. The third-order valence-electron chi connectivity index (χ3n) is 3.14. The van der Waals surface area contributed by atoms with Gasteiger partial charge in [-0.2, -0.15) is 0 Å². The Hall–Kier alpha value is -1.29. The smallest absolute Gasteiger partial charge is 0.149 e. The number of pyridine rings is 1. The van der Waals surface area contributed by atoms with Crippen molar-refractivity contribution in [2.75, 3.05) is 11.1 Å². The van der Waals surface area contributed by atoms with E-state index in [1.54, 1.807) is 6.20 Å². The predicted octanol–water partition coefficient (Wildman–Crippen LogP) is 1.77. The Morgan fingerprint density at radius 1 is 1.31 bits per heavy atom. The molecule has 1 aliphatic rings. The fourth-order valence-electron chi connectivity index (χ4n) is 2.17. The maximum atomic E-state index is 9.97. The van der Waals surface area contributed by atoms with Crippen LogP contribution in [0.3, 0.4) is 0 Å². The maximum Gasteiger partial charge on any atom is 0.149 e. The molecule has 0 amide bonds. The topological polar surface area (TPSA) is 71.2 Å². The van der Waals surface area contributed by atoms with E-state index in [4.69, 9.17) is 5.73 Å². The number of hydrogen-bond acceptors (Lipinski definition) is 4. The summed E-state index contributed by atoms with van der Waals surface area (Å²) in [5.74, 6) is 0.688. The number of nitrogen functional groups attached to an aromatic ring is 1. The van der Waals surface area contributed by atoms with Crippen molar-refractivity contribution in [3.63, 3.8) is 0 Å². The summed E-state index contributed by atoms with van der Waals surface area (Å²) in [7, 11) is 0. The molecule has 0 bridgehead atoms. The second-order valence-corrected chi connectivity index (χ2v) is 4.40. The Labute approximate surface area is 95.9 Å². The molecule has 2 rings (SSSR count). The van der Waals surface area contributed by atoms with Crippen molar-refractivity contribution in [1.29, 1.82) is 0 Å². The highest BCUT2D eigenvalue weighted by Gasteiger charge is 2.22. The first-order valence-corrected chi connectivity index (χ1v) is 5.92. The van der Waals surface area contributed by atoms with Gasteiger partial charge in [0.15, 0.2) is 0 Å². The van der Waals surface area contributed by atoms with E-state index in [2.05, 4.69) is 10.3 Å². The molecule has 2 atom stereocenters. The minimum atomic E-state index is -0.288. The summed E-state index contributed by atoms with van der Waals surface area (Å²) in [5, 5.41) is 13.2. The minimum absolute atomic E-state index is 0.0831. The number of nitrogens with zero attached hydrogens (tertiary/aromatic N) is 1. The molecule has 1 aromatic heterocycles. The Morgan fingerprint density at radius 2 is 2.12 bits per heavy atom. The van der Waals surface area contributed by atoms with Crippen LogP contribution in [0.25, 0.3) is 0 Å². The number of hydrogen-bond donors (Lipinski definition) is 3. The molecule has 1 aromatic rings. The van der Waals surface area contributed by atoms with Crippen molar-refractivity contribution in [2.45, 2.75) is 44.2 Å². The Balaban J connectivity index is 2.05. The highest BCUT2D eigenvalue weighted by Crippen LogP contribution is 2.23. The van der Waals surface area contributed by atoms with Crippen molar-refractivity contribution >= 4 is 11.5 Å². The molecule has 1 heterocycles. The third-order valence-corrected chi connectivity index (χ3v) is 3.14. The monoisotopic (exact) mass is 221 g/mol. The van der Waals surface area contributed by atoms with Gasteiger partial charge in [-0.1, -0.05) is 19.3 Å². The Morgan fingerprint density at radius 3 is 2.94 bits per heavy atom. The molecule has 0 radical (unpaired) electrons. The summed E-state index contributed by atoms with van der Waals surface area (Å²) in [6.07, 6.45) is 6.73. The molecule has 0 spiro atoms. The van der Waals surface area contributed by atoms with Gasteiger partial charge in [0.2, 0.25) is 0 Å². The van der Waals surface area contributed by atoms with Crippen molar-refractivity contribution in [2.24, 2.45) is 0 Å². The van der Waals surface area contributed by atoms with E-state index in [0.29, 0.717) is 11.5 Å². The van der Waals surface area contributed by atoms with Crippen LogP contribution in [0, 0.1) is 0 Å². The van der Waals surface area contributed by atoms with Crippen LogP contribution in [0.2, 0.25) is 0 Å². The van der Waals surface area contributed by atoms with Crippen LogP contribution in [0.4, 0.5) is 11.5 Å². The van der Waals surface area contributed by atoms with E-state index in [9.17, 15) is 5.11 Å². The molecule has 16 heavy (non-hydrogen) atoms. The third kappa shape index (κ3) is 2.64. The lowest BCUT2D eigenvalue weighted by molar-refractivity contribution is 0.144. The van der Waals surface area contributed by atoms with Crippen LogP contribution in [-0.4, -0.2) is 22.2 Å². The minimum Gasteiger partial charge on any atom is -0.396 e. The number of nitrogens with two attached hydrogens (primary N) is 1. The first kappa shape index (κ1) is 11.2. The van der Waals surface area contributed by atoms with Gasteiger partial charge in [0.05, 0.1) is 17.8 Å². The van der Waals surface area contributed by atoms with Gasteiger partial charge in [0, 0.05) is 6.20 Å². The van der Waals surface area contributed by atoms with Crippen LogP contribution in [0.5, 0.6) is 0 Å². The molecule has 1 aliphatic carbocycles. The second kappa shape index (κ2) is 5.16. The lowest BCUT2D eigenvalue weighted by Gasteiger charge is -2.22. The first-order chi connectivity index (χ1) is 7.77. The fourth-order valence-corrected chi connectivity index (χ4v) is 2.17. The number of rotatable bonds is 2. The van der Waals surface area contributed by atoms with Gasteiger partial charge in [-0.15, -0.1) is 0 Å². The normalized spacial score (nSPS) is 26.1. The van der Waals surface area contributed by atoms with Crippen molar-refractivity contribution in [3.8, 4) is 0 Å². The van der Waals surface area contributed by atoms with E-state index in [0.717, 1.165) is 25.7 Å². The highest BCUT2D eigenvalue weighted by atomic mass is 16.3. The number of aliphatic hydroxyl groups excluding tert-OH is 1. The van der Waals surface area contributed by atoms with Crippen LogP contribution in [-0.2, 0) is 0 Å². The van der Waals surface area contributed by atoms with Crippen LogP contribution in [0.15, 0.2) is 18.3 Å². The van der Waals surface area contributed by atoms with E-state index in [1.807, 2.05) is 12.1 Å².